The van der Waals surface area contributed by atoms with Gasteiger partial charge in [-0.25, -0.2) is 4.98 Å². The molecule has 0 bridgehead atoms. The maximum Gasteiger partial charge on any atom is 0.166 e. The molecule has 1 aromatic heterocycles. The zero-order chi connectivity index (χ0) is 15.6. The lowest BCUT2D eigenvalue weighted by atomic mass is 10.0. The Morgan fingerprint density at radius 3 is 3.00 bits per heavy atom. The molecule has 0 amide bonds. The minimum Gasteiger partial charge on any atom is -0.486 e. The number of aromatic nitrogens is 1. The fraction of sp³-hybridized carbons (Fsp3) is 0.333. The third-order valence-electron chi connectivity index (χ3n) is 4.39. The zero-order valence-corrected chi connectivity index (χ0v) is 12.7. The van der Waals surface area contributed by atoms with E-state index in [2.05, 4.69) is 22.0 Å². The normalized spacial score (nSPS) is 19.4. The van der Waals surface area contributed by atoms with Crippen molar-refractivity contribution < 1.29 is 9.47 Å². The maximum absolute atomic E-state index is 9.37. The summed E-state index contributed by atoms with van der Waals surface area (Å²) >= 11 is 0. The van der Waals surface area contributed by atoms with E-state index >= 15 is 0 Å². The van der Waals surface area contributed by atoms with E-state index in [0.717, 1.165) is 42.3 Å². The number of pyridine rings is 1. The Kier molecular flexibility index (Phi) is 3.51. The van der Waals surface area contributed by atoms with E-state index in [1.807, 2.05) is 18.2 Å². The van der Waals surface area contributed by atoms with Crippen molar-refractivity contribution in [2.45, 2.75) is 18.9 Å². The van der Waals surface area contributed by atoms with Crippen LogP contribution in [-0.2, 0) is 0 Å². The average Bonchev–Trinajstić information content (AvgIpc) is 3.10. The Bertz CT molecular complexity index is 769. The Morgan fingerprint density at radius 2 is 2.09 bits per heavy atom. The van der Waals surface area contributed by atoms with Crippen LogP contribution >= 0.6 is 0 Å². The first-order valence-electron chi connectivity index (χ1n) is 7.89. The molecule has 5 nitrogen and oxygen atoms in total. The molecule has 1 atom stereocenters. The smallest absolute Gasteiger partial charge is 0.166 e. The fourth-order valence-corrected chi connectivity index (χ4v) is 3.42. The minimum atomic E-state index is 0.161. The molecule has 0 spiro atoms. The van der Waals surface area contributed by atoms with Gasteiger partial charge in [-0.1, -0.05) is 12.1 Å². The van der Waals surface area contributed by atoms with Crippen molar-refractivity contribution in [3.63, 3.8) is 0 Å². The monoisotopic (exact) mass is 307 g/mol. The topological polar surface area (TPSA) is 58.4 Å². The Morgan fingerprint density at radius 1 is 1.17 bits per heavy atom. The number of fused-ring (bicyclic) bond motifs is 1. The first kappa shape index (κ1) is 13.9. The average molecular weight is 307 g/mol. The minimum absolute atomic E-state index is 0.161. The fourth-order valence-electron chi connectivity index (χ4n) is 3.42. The second-order valence-corrected chi connectivity index (χ2v) is 5.71. The van der Waals surface area contributed by atoms with Gasteiger partial charge in [-0.05, 0) is 31.0 Å². The summed E-state index contributed by atoms with van der Waals surface area (Å²) in [5, 5.41) is 9.37. The number of benzene rings is 1. The molecule has 116 valence electrons. The van der Waals surface area contributed by atoms with E-state index in [4.69, 9.17) is 9.47 Å². The van der Waals surface area contributed by atoms with Crippen molar-refractivity contribution in [3.8, 4) is 17.6 Å². The third-order valence-corrected chi connectivity index (χ3v) is 4.39. The molecule has 0 radical (unpaired) electrons. The number of anilines is 1. The van der Waals surface area contributed by atoms with Gasteiger partial charge in [0, 0.05) is 18.3 Å². The maximum atomic E-state index is 9.37. The van der Waals surface area contributed by atoms with Crippen LogP contribution in [0.4, 0.5) is 5.82 Å². The van der Waals surface area contributed by atoms with Crippen molar-refractivity contribution >= 4 is 5.82 Å². The molecule has 5 heteroatoms. The Balaban J connectivity index is 1.76. The predicted molar refractivity (Wildman–Crippen MR) is 85.7 cm³/mol. The van der Waals surface area contributed by atoms with Crippen molar-refractivity contribution in [1.29, 1.82) is 5.26 Å². The van der Waals surface area contributed by atoms with E-state index in [1.165, 1.54) is 0 Å². The summed E-state index contributed by atoms with van der Waals surface area (Å²) in [7, 11) is 0. The molecule has 23 heavy (non-hydrogen) atoms. The van der Waals surface area contributed by atoms with Crippen LogP contribution in [-0.4, -0.2) is 24.7 Å². The van der Waals surface area contributed by atoms with Gasteiger partial charge < -0.3 is 14.4 Å². The van der Waals surface area contributed by atoms with Gasteiger partial charge in [-0.15, -0.1) is 0 Å². The van der Waals surface area contributed by atoms with Crippen LogP contribution in [0.1, 0.15) is 30.0 Å². The highest BCUT2D eigenvalue weighted by molar-refractivity contribution is 5.58. The summed E-state index contributed by atoms with van der Waals surface area (Å²) in [6.07, 6.45) is 3.82. The molecule has 4 rings (SSSR count). The van der Waals surface area contributed by atoms with Crippen molar-refractivity contribution in [2.75, 3.05) is 24.7 Å². The molecule has 2 aromatic rings. The molecule has 3 heterocycles. The van der Waals surface area contributed by atoms with Gasteiger partial charge in [0.05, 0.1) is 11.6 Å². The molecule has 1 fully saturated rings. The molecule has 2 aliphatic rings. The molecule has 0 unspecified atom stereocenters. The number of rotatable bonds is 2. The van der Waals surface area contributed by atoms with Crippen LogP contribution in [0.2, 0.25) is 0 Å². The predicted octanol–water partition coefficient (Wildman–Crippen LogP) is 3.07. The van der Waals surface area contributed by atoms with Crippen LogP contribution in [0.3, 0.4) is 0 Å². The number of ether oxygens (including phenoxy) is 2. The second kappa shape index (κ2) is 5.81. The molecule has 0 saturated carbocycles. The molecule has 1 aromatic carbocycles. The van der Waals surface area contributed by atoms with Crippen molar-refractivity contribution in [1.82, 2.24) is 4.98 Å². The Labute approximate surface area is 135 Å². The van der Waals surface area contributed by atoms with E-state index in [9.17, 15) is 5.26 Å². The van der Waals surface area contributed by atoms with Crippen LogP contribution in [0.5, 0.6) is 11.5 Å². The molecule has 0 aliphatic carbocycles. The van der Waals surface area contributed by atoms with Crippen LogP contribution in [0.15, 0.2) is 36.5 Å². The van der Waals surface area contributed by atoms with E-state index < -0.39 is 0 Å². The summed E-state index contributed by atoms with van der Waals surface area (Å²) in [4.78, 5) is 6.67. The van der Waals surface area contributed by atoms with Crippen molar-refractivity contribution in [2.24, 2.45) is 0 Å². The second-order valence-electron chi connectivity index (χ2n) is 5.71. The van der Waals surface area contributed by atoms with E-state index in [-0.39, 0.29) is 6.04 Å². The quantitative estimate of drug-likeness (QED) is 0.853. The van der Waals surface area contributed by atoms with Crippen LogP contribution in [0, 0.1) is 11.3 Å². The Hall–Kier alpha value is -2.74. The zero-order valence-electron chi connectivity index (χ0n) is 12.7. The molecule has 1 saturated heterocycles. The highest BCUT2D eigenvalue weighted by Gasteiger charge is 2.32. The lowest BCUT2D eigenvalue weighted by Gasteiger charge is -2.30. The van der Waals surface area contributed by atoms with Gasteiger partial charge in [-0.2, -0.15) is 5.26 Å². The standard InChI is InChI=1S/C18H17N3O2/c19-12-13-4-2-8-20-18(13)21-9-3-6-15(21)14-5-1-7-16-17(14)23-11-10-22-16/h1-2,4-5,7-8,15H,3,6,9-11H2/t15-/m1/s1. The highest BCUT2D eigenvalue weighted by Crippen LogP contribution is 2.44. The molecular weight excluding hydrogens is 290 g/mol. The van der Waals surface area contributed by atoms with Gasteiger partial charge in [0.2, 0.25) is 0 Å². The summed E-state index contributed by atoms with van der Waals surface area (Å²) in [6, 6.07) is 12.1. The number of hydrogen-bond donors (Lipinski definition) is 0. The highest BCUT2D eigenvalue weighted by atomic mass is 16.6. The van der Waals surface area contributed by atoms with Gasteiger partial charge in [-0.3, -0.25) is 0 Å². The van der Waals surface area contributed by atoms with E-state index in [0.29, 0.717) is 18.8 Å². The van der Waals surface area contributed by atoms with Crippen LogP contribution < -0.4 is 14.4 Å². The summed E-state index contributed by atoms with van der Waals surface area (Å²) < 4.78 is 11.6. The lowest BCUT2D eigenvalue weighted by Crippen LogP contribution is -2.26. The number of nitrogens with zero attached hydrogens (tertiary/aromatic N) is 3. The summed E-state index contributed by atoms with van der Waals surface area (Å²) in [6.45, 7) is 2.05. The number of hydrogen-bond acceptors (Lipinski definition) is 5. The molecule has 2 aliphatic heterocycles. The van der Waals surface area contributed by atoms with Gasteiger partial charge >= 0.3 is 0 Å². The van der Waals surface area contributed by atoms with Gasteiger partial charge in [0.15, 0.2) is 11.5 Å². The first-order chi connectivity index (χ1) is 11.4. The van der Waals surface area contributed by atoms with Gasteiger partial charge in [0.1, 0.15) is 25.1 Å². The summed E-state index contributed by atoms with van der Waals surface area (Å²) in [5.74, 6) is 2.40. The number of nitriles is 1. The van der Waals surface area contributed by atoms with E-state index in [1.54, 1.807) is 12.3 Å². The SMILES string of the molecule is N#Cc1cccnc1N1CCC[C@@H]1c1cccc2c1OCCO2. The summed E-state index contributed by atoms with van der Waals surface area (Å²) in [5.41, 5.74) is 1.73. The largest absolute Gasteiger partial charge is 0.486 e. The molecule has 0 N–H and O–H groups in total. The van der Waals surface area contributed by atoms with Gasteiger partial charge in [0.25, 0.3) is 0 Å². The number of para-hydroxylation sites is 1. The van der Waals surface area contributed by atoms with Crippen molar-refractivity contribution in [3.05, 3.63) is 47.7 Å². The molecular formula is C18H17N3O2. The van der Waals surface area contributed by atoms with Crippen LogP contribution in [0.25, 0.3) is 0 Å². The first-order valence-corrected chi connectivity index (χ1v) is 7.89. The lowest BCUT2D eigenvalue weighted by molar-refractivity contribution is 0.169. The third kappa shape index (κ3) is 2.36.